The summed E-state index contributed by atoms with van der Waals surface area (Å²) in [6.45, 7) is 9.60. The molecule has 0 N–H and O–H groups in total. The van der Waals surface area contributed by atoms with E-state index in [0.29, 0.717) is 16.2 Å². The number of hydrogen-bond donors (Lipinski definition) is 0. The molecule has 3 heteroatoms. The Kier molecular flexibility index (Phi) is 3.37. The van der Waals surface area contributed by atoms with Crippen molar-refractivity contribution in [2.24, 2.45) is 63.6 Å². The van der Waals surface area contributed by atoms with Crippen LogP contribution in [0.15, 0.2) is 0 Å². The maximum Gasteiger partial charge on any atom is 0.172 e. The van der Waals surface area contributed by atoms with Crippen molar-refractivity contribution in [1.29, 1.82) is 0 Å². The Morgan fingerprint density at radius 1 is 0.964 bits per heavy atom. The van der Waals surface area contributed by atoms with E-state index in [1.807, 2.05) is 0 Å². The second kappa shape index (κ2) is 5.23. The van der Waals surface area contributed by atoms with Crippen LogP contribution < -0.4 is 0 Å². The van der Waals surface area contributed by atoms with Gasteiger partial charge in [-0.05, 0) is 96.2 Å². The third kappa shape index (κ3) is 1.69. The molecule has 6 unspecified atom stereocenters. The van der Waals surface area contributed by atoms with Crippen LogP contribution in [-0.2, 0) is 9.47 Å². The molecule has 7 aliphatic rings. The zero-order valence-electron chi connectivity index (χ0n) is 17.9. The Morgan fingerprint density at radius 3 is 2.50 bits per heavy atom. The minimum absolute atomic E-state index is 0.152. The first-order valence-electron chi connectivity index (χ1n) is 12.3. The SMILES string of the molecule is C[C@H](CBr)C1CCC2C3CC4C5[C@H]6C7(CC[C@](C)(C3CC[C@@]21C)[C@]456)OCCO7. The van der Waals surface area contributed by atoms with Gasteiger partial charge < -0.3 is 9.47 Å². The molecule has 11 atom stereocenters. The van der Waals surface area contributed by atoms with E-state index in [-0.39, 0.29) is 5.79 Å². The fourth-order valence-electron chi connectivity index (χ4n) is 11.3. The highest BCUT2D eigenvalue weighted by molar-refractivity contribution is 9.09. The molecule has 0 radical (unpaired) electrons. The van der Waals surface area contributed by atoms with Crippen LogP contribution >= 0.6 is 15.9 Å². The number of hydrogen-bond acceptors (Lipinski definition) is 2. The van der Waals surface area contributed by atoms with Crippen LogP contribution in [0.1, 0.15) is 65.7 Å². The normalized spacial score (nSPS) is 63.2. The Hall–Kier alpha value is 0.400. The van der Waals surface area contributed by atoms with Gasteiger partial charge in [-0.3, -0.25) is 0 Å². The molecule has 0 aromatic heterocycles. The van der Waals surface area contributed by atoms with Gasteiger partial charge in [0.15, 0.2) is 5.79 Å². The van der Waals surface area contributed by atoms with Crippen molar-refractivity contribution < 1.29 is 9.47 Å². The summed E-state index contributed by atoms with van der Waals surface area (Å²) in [6.07, 6.45) is 10.1. The molecule has 0 aromatic carbocycles. The highest BCUT2D eigenvalue weighted by Crippen LogP contribution is 2.99. The van der Waals surface area contributed by atoms with Crippen LogP contribution in [0.4, 0.5) is 0 Å². The number of halogens is 1. The lowest BCUT2D eigenvalue weighted by molar-refractivity contribution is -0.246. The second-order valence-electron chi connectivity index (χ2n) is 12.4. The molecular formula is C25H37BrO2. The summed E-state index contributed by atoms with van der Waals surface area (Å²) in [5, 5.41) is 1.18. The lowest BCUT2D eigenvalue weighted by Crippen LogP contribution is -2.58. The third-order valence-electron chi connectivity index (χ3n) is 12.3. The average molecular weight is 449 g/mol. The Labute approximate surface area is 179 Å². The molecule has 0 amide bonds. The van der Waals surface area contributed by atoms with Gasteiger partial charge in [-0.15, -0.1) is 0 Å². The summed E-state index contributed by atoms with van der Waals surface area (Å²) >= 11 is 3.81. The number of alkyl halides is 1. The van der Waals surface area contributed by atoms with Gasteiger partial charge in [0.2, 0.25) is 0 Å². The van der Waals surface area contributed by atoms with E-state index in [4.69, 9.17) is 9.47 Å². The number of ether oxygens (including phenoxy) is 2. The fraction of sp³-hybridized carbons (Fsp3) is 1.00. The zero-order chi connectivity index (χ0) is 19.1. The van der Waals surface area contributed by atoms with Crippen LogP contribution in [0.2, 0.25) is 0 Å². The maximum absolute atomic E-state index is 6.29. The molecule has 7 rings (SSSR count). The average Bonchev–Trinajstić information content (AvgIpc) is 3.43. The Balaban J connectivity index is 1.21. The third-order valence-corrected chi connectivity index (χ3v) is 13.3. The van der Waals surface area contributed by atoms with E-state index in [9.17, 15) is 0 Å². The minimum Gasteiger partial charge on any atom is -0.347 e. The highest BCUT2D eigenvalue weighted by atomic mass is 79.9. The van der Waals surface area contributed by atoms with E-state index in [0.717, 1.165) is 60.6 Å². The summed E-state index contributed by atoms with van der Waals surface area (Å²) in [6, 6.07) is 0. The second-order valence-corrected chi connectivity index (χ2v) is 13.1. The van der Waals surface area contributed by atoms with Crippen molar-refractivity contribution in [1.82, 2.24) is 0 Å². The number of rotatable bonds is 2. The predicted molar refractivity (Wildman–Crippen MR) is 113 cm³/mol. The van der Waals surface area contributed by atoms with Crippen LogP contribution in [0.5, 0.6) is 0 Å². The molecule has 6 aliphatic carbocycles. The van der Waals surface area contributed by atoms with Gasteiger partial charge >= 0.3 is 0 Å². The van der Waals surface area contributed by atoms with E-state index < -0.39 is 0 Å². The van der Waals surface area contributed by atoms with E-state index in [2.05, 4.69) is 36.7 Å². The highest BCUT2D eigenvalue weighted by Gasteiger charge is 2.98. The van der Waals surface area contributed by atoms with Crippen molar-refractivity contribution in [3.63, 3.8) is 0 Å². The van der Waals surface area contributed by atoms with Crippen LogP contribution in [0.25, 0.3) is 0 Å². The summed E-state index contributed by atoms with van der Waals surface area (Å²) in [5.74, 6) is 7.34. The smallest absolute Gasteiger partial charge is 0.172 e. The van der Waals surface area contributed by atoms with Crippen molar-refractivity contribution in [2.45, 2.75) is 71.5 Å². The number of fused-ring (bicyclic) bond motifs is 7. The molecule has 1 heterocycles. The van der Waals surface area contributed by atoms with Crippen molar-refractivity contribution >= 4 is 15.9 Å². The standard InChI is InChI=1S/C25H37BrO2/c1-14(13-26)16-4-5-17-15-12-19-20-21-24(27-10-11-28-24)9-8-23(3,25(19,20)21)18(15)6-7-22(16,17)2/h14-21H,4-13H2,1-3H3/t14-,15?,16?,17?,18?,19?,20?,21+,22-,23-,25-/m1/s1. The molecule has 1 saturated heterocycles. The largest absolute Gasteiger partial charge is 0.347 e. The van der Waals surface area contributed by atoms with Crippen LogP contribution in [0.3, 0.4) is 0 Å². The first-order chi connectivity index (χ1) is 13.4. The van der Waals surface area contributed by atoms with Gasteiger partial charge in [0.25, 0.3) is 0 Å². The van der Waals surface area contributed by atoms with Gasteiger partial charge in [-0.2, -0.15) is 0 Å². The summed E-state index contributed by atoms with van der Waals surface area (Å²) in [4.78, 5) is 0. The molecular weight excluding hydrogens is 412 g/mol. The maximum atomic E-state index is 6.29. The van der Waals surface area contributed by atoms with Crippen molar-refractivity contribution in [3.05, 3.63) is 0 Å². The monoisotopic (exact) mass is 448 g/mol. The molecule has 2 nitrogen and oxygen atoms in total. The first kappa shape index (κ1) is 18.0. The molecule has 0 bridgehead atoms. The molecule has 6 saturated carbocycles. The fourth-order valence-corrected chi connectivity index (χ4v) is 11.8. The zero-order valence-corrected chi connectivity index (χ0v) is 19.5. The van der Waals surface area contributed by atoms with Crippen LogP contribution in [0, 0.1) is 63.6 Å². The first-order valence-corrected chi connectivity index (χ1v) is 13.4. The Morgan fingerprint density at radius 2 is 1.75 bits per heavy atom. The summed E-state index contributed by atoms with van der Waals surface area (Å²) < 4.78 is 12.6. The summed E-state index contributed by atoms with van der Waals surface area (Å²) in [5.41, 5.74) is 1.82. The molecule has 28 heavy (non-hydrogen) atoms. The lowest BCUT2D eigenvalue weighted by Gasteiger charge is -2.62. The van der Waals surface area contributed by atoms with E-state index in [1.54, 1.807) is 6.42 Å². The van der Waals surface area contributed by atoms with Crippen molar-refractivity contribution in [3.8, 4) is 0 Å². The lowest BCUT2D eigenvalue weighted by atomic mass is 9.44. The molecule has 156 valence electrons. The van der Waals surface area contributed by atoms with Gasteiger partial charge in [0.1, 0.15) is 0 Å². The van der Waals surface area contributed by atoms with Gasteiger partial charge in [-0.1, -0.05) is 36.7 Å². The summed E-state index contributed by atoms with van der Waals surface area (Å²) in [7, 11) is 0. The van der Waals surface area contributed by atoms with Crippen LogP contribution in [-0.4, -0.2) is 24.3 Å². The predicted octanol–water partition coefficient (Wildman–Crippen LogP) is 5.89. The Bertz CT molecular complexity index is 717. The van der Waals surface area contributed by atoms with Crippen molar-refractivity contribution in [2.75, 3.05) is 18.5 Å². The molecule has 0 aromatic rings. The van der Waals surface area contributed by atoms with Gasteiger partial charge in [0, 0.05) is 17.7 Å². The molecule has 2 spiro atoms. The molecule has 7 fully saturated rings. The topological polar surface area (TPSA) is 18.5 Å². The quantitative estimate of drug-likeness (QED) is 0.490. The van der Waals surface area contributed by atoms with Gasteiger partial charge in [-0.25, -0.2) is 0 Å². The van der Waals surface area contributed by atoms with E-state index in [1.165, 1.54) is 43.9 Å². The molecule has 1 aliphatic heterocycles. The van der Waals surface area contributed by atoms with E-state index >= 15 is 0 Å². The van der Waals surface area contributed by atoms with Gasteiger partial charge in [0.05, 0.1) is 13.2 Å². The minimum atomic E-state index is -0.152.